The van der Waals surface area contributed by atoms with Gasteiger partial charge in [-0.25, -0.2) is 0 Å². The predicted molar refractivity (Wildman–Crippen MR) is 348 cm³/mol. The van der Waals surface area contributed by atoms with E-state index in [1.165, 1.54) is 205 Å². The van der Waals surface area contributed by atoms with Gasteiger partial charge in [-0.1, -0.05) is 298 Å². The standard InChI is InChI=1S/C74H130O6/c1-4-7-10-13-16-19-22-25-28-31-33-34-35-36-37-38-39-40-42-43-46-49-52-55-58-61-64-67-73(76)79-70-71(69-78-72(75)66-63-60-57-54-51-48-45-30-27-24-21-18-15-12-9-6-3)80-74(77)68-65-62-59-56-53-50-47-44-41-32-29-26-23-20-17-14-11-8-5-2/h8,11,17,20,26,29-31,33,41,44-45,50,53,71H,4-7,9-10,12-16,18-19,21-25,27-28,32,34-40,42-43,46-49,51-52,54-70H2,1-3H3/b11-8-,20-17-,29-26-,33-31-,44-41-,45-30-,53-50-. The summed E-state index contributed by atoms with van der Waals surface area (Å²) in [5.74, 6) is -0.916. The SMILES string of the molecule is CC/C=C\C/C=C\C/C=C\C/C=C\C/C=C\CCCCCC(=O)OC(COC(=O)CCCCCCC/C=C\CCCCCCCCC)COC(=O)CCCCCCCCCCCCCCCCC/C=C\CCCCCCCCCC. The van der Waals surface area contributed by atoms with Crippen LogP contribution in [0, 0.1) is 0 Å². The van der Waals surface area contributed by atoms with Gasteiger partial charge in [-0.05, 0) is 116 Å². The number of carbonyl (C=O) groups excluding carboxylic acids is 3. The minimum Gasteiger partial charge on any atom is -0.462 e. The highest BCUT2D eigenvalue weighted by molar-refractivity contribution is 5.71. The van der Waals surface area contributed by atoms with E-state index in [0.29, 0.717) is 12.8 Å². The summed E-state index contributed by atoms with van der Waals surface area (Å²) in [5, 5.41) is 0. The van der Waals surface area contributed by atoms with Gasteiger partial charge in [0.1, 0.15) is 13.2 Å². The monoisotopic (exact) mass is 1110 g/mol. The molecule has 0 fully saturated rings. The van der Waals surface area contributed by atoms with Crippen LogP contribution in [0.4, 0.5) is 0 Å². The van der Waals surface area contributed by atoms with Crippen LogP contribution in [0.1, 0.15) is 348 Å². The Balaban J connectivity index is 4.34. The fraction of sp³-hybridized carbons (Fsp3) is 0.770. The number of allylic oxidation sites excluding steroid dienone is 14. The molecule has 0 saturated carbocycles. The number of hydrogen-bond donors (Lipinski definition) is 0. The summed E-state index contributed by atoms with van der Waals surface area (Å²) in [4.78, 5) is 38.4. The molecule has 0 bridgehead atoms. The van der Waals surface area contributed by atoms with Crippen molar-refractivity contribution in [3.05, 3.63) is 85.1 Å². The van der Waals surface area contributed by atoms with Crippen molar-refractivity contribution in [1.29, 1.82) is 0 Å². The number of carbonyl (C=O) groups is 3. The van der Waals surface area contributed by atoms with Crippen molar-refractivity contribution in [2.45, 2.75) is 354 Å². The maximum absolute atomic E-state index is 12.9. The van der Waals surface area contributed by atoms with Crippen LogP contribution in [0.15, 0.2) is 85.1 Å². The van der Waals surface area contributed by atoms with E-state index in [4.69, 9.17) is 14.2 Å². The van der Waals surface area contributed by atoms with E-state index in [-0.39, 0.29) is 37.5 Å². The van der Waals surface area contributed by atoms with Gasteiger partial charge in [0.05, 0.1) is 0 Å². The molecule has 80 heavy (non-hydrogen) atoms. The van der Waals surface area contributed by atoms with Crippen LogP contribution in [0.5, 0.6) is 0 Å². The third-order valence-corrected chi connectivity index (χ3v) is 15.1. The quantitative estimate of drug-likeness (QED) is 0.0261. The zero-order valence-electron chi connectivity index (χ0n) is 53.1. The van der Waals surface area contributed by atoms with Gasteiger partial charge in [-0.15, -0.1) is 0 Å². The third kappa shape index (κ3) is 65.4. The van der Waals surface area contributed by atoms with Crippen LogP contribution in [-0.2, 0) is 28.6 Å². The second kappa shape index (κ2) is 68.1. The van der Waals surface area contributed by atoms with Crippen molar-refractivity contribution in [3.63, 3.8) is 0 Å². The Hall–Kier alpha value is -3.41. The molecule has 0 aliphatic carbocycles. The Bertz CT molecular complexity index is 1520. The largest absolute Gasteiger partial charge is 0.462 e. The summed E-state index contributed by atoms with van der Waals surface area (Å²) in [7, 11) is 0. The normalized spacial score (nSPS) is 12.6. The van der Waals surface area contributed by atoms with E-state index < -0.39 is 6.10 Å². The number of ether oxygens (including phenoxy) is 3. The highest BCUT2D eigenvalue weighted by Crippen LogP contribution is 2.17. The van der Waals surface area contributed by atoms with Crippen molar-refractivity contribution >= 4 is 17.9 Å². The fourth-order valence-electron chi connectivity index (χ4n) is 9.93. The first kappa shape index (κ1) is 76.6. The van der Waals surface area contributed by atoms with Crippen LogP contribution in [0.25, 0.3) is 0 Å². The number of esters is 3. The van der Waals surface area contributed by atoms with Gasteiger partial charge in [0.2, 0.25) is 0 Å². The summed E-state index contributed by atoms with van der Waals surface area (Å²) in [6.07, 6.45) is 90.4. The summed E-state index contributed by atoms with van der Waals surface area (Å²) in [5.41, 5.74) is 0. The second-order valence-electron chi connectivity index (χ2n) is 23.1. The van der Waals surface area contributed by atoms with Gasteiger partial charge >= 0.3 is 17.9 Å². The van der Waals surface area contributed by atoms with E-state index in [9.17, 15) is 14.4 Å². The lowest BCUT2D eigenvalue weighted by molar-refractivity contribution is -0.167. The molecule has 0 saturated heterocycles. The molecular weight excluding hydrogens is 985 g/mol. The van der Waals surface area contributed by atoms with Crippen LogP contribution < -0.4 is 0 Å². The lowest BCUT2D eigenvalue weighted by Crippen LogP contribution is -2.30. The van der Waals surface area contributed by atoms with Gasteiger partial charge in [0.15, 0.2) is 6.10 Å². The van der Waals surface area contributed by atoms with Crippen LogP contribution >= 0.6 is 0 Å². The molecule has 0 aromatic rings. The molecule has 0 rings (SSSR count). The number of hydrogen-bond acceptors (Lipinski definition) is 6. The lowest BCUT2D eigenvalue weighted by atomic mass is 10.0. The maximum atomic E-state index is 12.9. The summed E-state index contributed by atoms with van der Waals surface area (Å²) >= 11 is 0. The number of rotatable bonds is 63. The Labute approximate surface area is 496 Å². The molecule has 0 aromatic carbocycles. The average molecular weight is 1120 g/mol. The summed E-state index contributed by atoms with van der Waals surface area (Å²) in [6.45, 7) is 6.53. The zero-order valence-corrected chi connectivity index (χ0v) is 53.1. The van der Waals surface area contributed by atoms with E-state index >= 15 is 0 Å². The molecule has 0 N–H and O–H groups in total. The highest BCUT2D eigenvalue weighted by Gasteiger charge is 2.19. The first-order valence-corrected chi connectivity index (χ1v) is 34.6. The molecule has 0 aliphatic rings. The van der Waals surface area contributed by atoms with Crippen molar-refractivity contribution in [2.24, 2.45) is 0 Å². The molecule has 6 heteroatoms. The predicted octanol–water partition coefficient (Wildman–Crippen LogP) is 23.8. The lowest BCUT2D eigenvalue weighted by Gasteiger charge is -2.18. The van der Waals surface area contributed by atoms with Gasteiger partial charge in [0, 0.05) is 19.3 Å². The van der Waals surface area contributed by atoms with Crippen molar-refractivity contribution in [1.82, 2.24) is 0 Å². The smallest absolute Gasteiger partial charge is 0.306 e. The first-order valence-electron chi connectivity index (χ1n) is 34.6. The van der Waals surface area contributed by atoms with E-state index in [1.54, 1.807) is 0 Å². The molecule has 0 heterocycles. The summed E-state index contributed by atoms with van der Waals surface area (Å²) in [6, 6.07) is 0. The molecule has 0 aliphatic heterocycles. The fourth-order valence-corrected chi connectivity index (χ4v) is 9.93. The van der Waals surface area contributed by atoms with Gasteiger partial charge < -0.3 is 14.2 Å². The van der Waals surface area contributed by atoms with Crippen molar-refractivity contribution in [2.75, 3.05) is 13.2 Å². The van der Waals surface area contributed by atoms with Gasteiger partial charge in [0.25, 0.3) is 0 Å². The maximum Gasteiger partial charge on any atom is 0.306 e. The molecule has 0 amide bonds. The number of unbranched alkanes of at least 4 members (excludes halogenated alkanes) is 38. The molecule has 462 valence electrons. The Morgan fingerprint density at radius 2 is 0.487 bits per heavy atom. The molecule has 0 spiro atoms. The zero-order chi connectivity index (χ0) is 57.8. The molecule has 0 radical (unpaired) electrons. The van der Waals surface area contributed by atoms with E-state index in [1.807, 2.05) is 0 Å². The molecular formula is C74H130O6. The minimum absolute atomic E-state index is 0.0905. The van der Waals surface area contributed by atoms with E-state index in [0.717, 1.165) is 103 Å². The first-order chi connectivity index (χ1) is 39.5. The average Bonchev–Trinajstić information content (AvgIpc) is 3.46. The van der Waals surface area contributed by atoms with E-state index in [2.05, 4.69) is 106 Å². The highest BCUT2D eigenvalue weighted by atomic mass is 16.6. The third-order valence-electron chi connectivity index (χ3n) is 15.1. The van der Waals surface area contributed by atoms with Crippen molar-refractivity contribution < 1.29 is 28.6 Å². The summed E-state index contributed by atoms with van der Waals surface area (Å²) < 4.78 is 16.9. The second-order valence-corrected chi connectivity index (χ2v) is 23.1. The molecule has 6 nitrogen and oxygen atoms in total. The van der Waals surface area contributed by atoms with Crippen LogP contribution in [0.3, 0.4) is 0 Å². The molecule has 1 atom stereocenters. The van der Waals surface area contributed by atoms with Crippen LogP contribution in [0.2, 0.25) is 0 Å². The van der Waals surface area contributed by atoms with Crippen LogP contribution in [-0.4, -0.2) is 37.2 Å². The topological polar surface area (TPSA) is 78.9 Å². The Morgan fingerprint density at radius 1 is 0.263 bits per heavy atom. The van der Waals surface area contributed by atoms with Gasteiger partial charge in [-0.3, -0.25) is 14.4 Å². The molecule has 1 unspecified atom stereocenters. The van der Waals surface area contributed by atoms with Crippen molar-refractivity contribution in [3.8, 4) is 0 Å². The Kier molecular flexibility index (Phi) is 65.2. The molecule has 0 aromatic heterocycles. The Morgan fingerprint density at radius 3 is 0.787 bits per heavy atom. The minimum atomic E-state index is -0.799. The van der Waals surface area contributed by atoms with Gasteiger partial charge in [-0.2, -0.15) is 0 Å².